The molecule has 1 aliphatic rings. The minimum absolute atomic E-state index is 0.0134. The predicted molar refractivity (Wildman–Crippen MR) is 71.2 cm³/mol. The smallest absolute Gasteiger partial charge is 0.222 e. The van der Waals surface area contributed by atoms with Gasteiger partial charge in [0.15, 0.2) is 0 Å². The van der Waals surface area contributed by atoms with Gasteiger partial charge in [-0.15, -0.1) is 0 Å². The Kier molecular flexibility index (Phi) is 5.17. The van der Waals surface area contributed by atoms with Crippen LogP contribution in [-0.4, -0.2) is 36.9 Å². The van der Waals surface area contributed by atoms with Crippen LogP contribution in [0.15, 0.2) is 0 Å². The van der Waals surface area contributed by atoms with Crippen molar-refractivity contribution in [1.29, 1.82) is 0 Å². The molecule has 0 radical (unpaired) electrons. The van der Waals surface area contributed by atoms with E-state index >= 15 is 0 Å². The molecule has 0 heterocycles. The first-order valence-electron chi connectivity index (χ1n) is 6.73. The Morgan fingerprint density at radius 3 is 2.61 bits per heavy atom. The second kappa shape index (κ2) is 6.02. The molecule has 1 saturated carbocycles. The molecule has 1 rings (SSSR count). The first kappa shape index (κ1) is 15.4. The van der Waals surface area contributed by atoms with Crippen LogP contribution in [-0.2, 0) is 9.53 Å². The van der Waals surface area contributed by atoms with Crippen LogP contribution in [0.5, 0.6) is 0 Å². The highest BCUT2D eigenvalue weighted by Crippen LogP contribution is 2.43. The highest BCUT2D eigenvalue weighted by atomic mass is 16.5. The summed E-state index contributed by atoms with van der Waals surface area (Å²) < 4.78 is 4.91. The van der Waals surface area contributed by atoms with Crippen LogP contribution < -0.4 is 5.32 Å². The van der Waals surface area contributed by atoms with Gasteiger partial charge in [-0.2, -0.15) is 0 Å². The molecule has 1 aliphatic carbocycles. The number of hydrogen-bond acceptors (Lipinski definition) is 3. The Hall–Kier alpha value is -0.610. The maximum atomic E-state index is 11.8. The summed E-state index contributed by atoms with van der Waals surface area (Å²) in [6.45, 7) is 7.03. The number of ether oxygens (including phenoxy) is 1. The molecule has 0 aromatic heterocycles. The molecular weight excluding hydrogens is 230 g/mol. The van der Waals surface area contributed by atoms with Gasteiger partial charge in [0.25, 0.3) is 0 Å². The maximum Gasteiger partial charge on any atom is 0.222 e. The van der Waals surface area contributed by atoms with Gasteiger partial charge in [-0.05, 0) is 30.6 Å². The Morgan fingerprint density at radius 2 is 2.11 bits per heavy atom. The zero-order valence-electron chi connectivity index (χ0n) is 12.1. The van der Waals surface area contributed by atoms with E-state index in [4.69, 9.17) is 4.74 Å². The van der Waals surface area contributed by atoms with E-state index in [9.17, 15) is 9.90 Å². The quantitative estimate of drug-likeness (QED) is 0.788. The summed E-state index contributed by atoms with van der Waals surface area (Å²) in [6.07, 6.45) is 3.18. The number of amides is 1. The summed E-state index contributed by atoms with van der Waals surface area (Å²) in [4.78, 5) is 11.8. The predicted octanol–water partition coefficient (Wildman–Crippen LogP) is 1.72. The topological polar surface area (TPSA) is 58.6 Å². The lowest BCUT2D eigenvalue weighted by Crippen LogP contribution is -2.57. The van der Waals surface area contributed by atoms with Gasteiger partial charge in [0.05, 0.1) is 18.8 Å². The van der Waals surface area contributed by atoms with Crippen LogP contribution in [0.25, 0.3) is 0 Å². The van der Waals surface area contributed by atoms with E-state index in [1.54, 1.807) is 7.11 Å². The summed E-state index contributed by atoms with van der Waals surface area (Å²) in [5.41, 5.74) is -0.291. The van der Waals surface area contributed by atoms with E-state index < -0.39 is 5.54 Å². The average molecular weight is 257 g/mol. The highest BCUT2D eigenvalue weighted by Gasteiger charge is 2.43. The van der Waals surface area contributed by atoms with E-state index in [1.807, 2.05) is 0 Å². The molecule has 18 heavy (non-hydrogen) atoms. The SMILES string of the molecule is COCCC(=O)N[C@]1(CO)C[C@@H](C)CC(C)(C)C1. The summed E-state index contributed by atoms with van der Waals surface area (Å²) in [7, 11) is 1.58. The molecule has 1 fully saturated rings. The van der Waals surface area contributed by atoms with Crippen molar-refractivity contribution in [3.05, 3.63) is 0 Å². The molecule has 0 unspecified atom stereocenters. The number of carbonyl (C=O) groups excluding carboxylic acids is 1. The van der Waals surface area contributed by atoms with E-state index in [1.165, 1.54) is 0 Å². The monoisotopic (exact) mass is 257 g/mol. The first-order chi connectivity index (χ1) is 8.32. The van der Waals surface area contributed by atoms with Gasteiger partial charge in [0, 0.05) is 13.5 Å². The molecule has 1 amide bonds. The van der Waals surface area contributed by atoms with Crippen LogP contribution in [0.3, 0.4) is 0 Å². The second-order valence-electron chi connectivity index (χ2n) is 6.58. The van der Waals surface area contributed by atoms with Crippen molar-refractivity contribution in [3.8, 4) is 0 Å². The number of aliphatic hydroxyl groups is 1. The van der Waals surface area contributed by atoms with Gasteiger partial charge < -0.3 is 15.2 Å². The lowest BCUT2D eigenvalue weighted by Gasteiger charge is -2.47. The molecular formula is C14H27NO3. The minimum atomic E-state index is -0.452. The first-order valence-corrected chi connectivity index (χ1v) is 6.73. The number of rotatable bonds is 5. The van der Waals surface area contributed by atoms with Gasteiger partial charge in [-0.3, -0.25) is 4.79 Å². The molecule has 0 aromatic rings. The van der Waals surface area contributed by atoms with Crippen LogP contribution in [0, 0.1) is 11.3 Å². The fourth-order valence-electron chi connectivity index (χ4n) is 3.55. The number of nitrogens with one attached hydrogen (secondary N) is 1. The van der Waals surface area contributed by atoms with Crippen molar-refractivity contribution in [3.63, 3.8) is 0 Å². The standard InChI is InChI=1S/C14H27NO3/c1-11-7-13(2,3)9-14(8-11,10-16)15-12(17)5-6-18-4/h11,16H,5-10H2,1-4H3,(H,15,17)/t11-,14+/m0/s1. The van der Waals surface area contributed by atoms with Crippen molar-refractivity contribution in [2.45, 2.75) is 52.0 Å². The maximum absolute atomic E-state index is 11.8. The van der Waals surface area contributed by atoms with Gasteiger partial charge in [0.1, 0.15) is 0 Å². The summed E-state index contributed by atoms with van der Waals surface area (Å²) in [5.74, 6) is 0.486. The molecule has 0 saturated heterocycles. The molecule has 106 valence electrons. The van der Waals surface area contributed by atoms with Crippen LogP contribution in [0.2, 0.25) is 0 Å². The third kappa shape index (κ3) is 4.25. The fraction of sp³-hybridized carbons (Fsp3) is 0.929. The van der Waals surface area contributed by atoms with Crippen molar-refractivity contribution in [2.75, 3.05) is 20.3 Å². The number of hydrogen-bond donors (Lipinski definition) is 2. The lowest BCUT2D eigenvalue weighted by molar-refractivity contribution is -0.126. The third-order valence-electron chi connectivity index (χ3n) is 3.70. The Labute approximate surface area is 110 Å². The molecule has 2 N–H and O–H groups in total. The van der Waals surface area contributed by atoms with E-state index in [2.05, 4.69) is 26.1 Å². The summed E-state index contributed by atoms with van der Waals surface area (Å²) in [5, 5.41) is 12.8. The lowest BCUT2D eigenvalue weighted by atomic mass is 9.64. The van der Waals surface area contributed by atoms with Crippen LogP contribution in [0.4, 0.5) is 0 Å². The zero-order chi connectivity index (χ0) is 13.8. The number of carbonyl (C=O) groups is 1. The largest absolute Gasteiger partial charge is 0.394 e. The van der Waals surface area contributed by atoms with Crippen molar-refractivity contribution < 1.29 is 14.6 Å². The molecule has 0 bridgehead atoms. The Morgan fingerprint density at radius 1 is 1.44 bits per heavy atom. The van der Waals surface area contributed by atoms with E-state index in [0.717, 1.165) is 19.3 Å². The summed E-state index contributed by atoms with van der Waals surface area (Å²) >= 11 is 0. The van der Waals surface area contributed by atoms with Gasteiger partial charge in [-0.1, -0.05) is 20.8 Å². The van der Waals surface area contributed by atoms with Crippen molar-refractivity contribution in [2.24, 2.45) is 11.3 Å². The van der Waals surface area contributed by atoms with Gasteiger partial charge >= 0.3 is 0 Å². The minimum Gasteiger partial charge on any atom is -0.394 e. The summed E-state index contributed by atoms with van der Waals surface area (Å²) in [6, 6.07) is 0. The molecule has 0 spiro atoms. The third-order valence-corrected chi connectivity index (χ3v) is 3.70. The molecule has 0 aromatic carbocycles. The van der Waals surface area contributed by atoms with Crippen LogP contribution in [0.1, 0.15) is 46.5 Å². The average Bonchev–Trinajstić information content (AvgIpc) is 2.23. The normalized spacial score (nSPS) is 31.1. The van der Waals surface area contributed by atoms with E-state index in [0.29, 0.717) is 18.9 Å². The van der Waals surface area contributed by atoms with E-state index in [-0.39, 0.29) is 17.9 Å². The fourth-order valence-corrected chi connectivity index (χ4v) is 3.55. The van der Waals surface area contributed by atoms with Crippen molar-refractivity contribution >= 4 is 5.91 Å². The second-order valence-corrected chi connectivity index (χ2v) is 6.58. The Bertz CT molecular complexity index is 291. The molecule has 0 aliphatic heterocycles. The Balaban J connectivity index is 2.69. The van der Waals surface area contributed by atoms with Gasteiger partial charge in [-0.25, -0.2) is 0 Å². The zero-order valence-corrected chi connectivity index (χ0v) is 12.1. The molecule has 4 heteroatoms. The molecule has 2 atom stereocenters. The number of methoxy groups -OCH3 is 1. The molecule has 4 nitrogen and oxygen atoms in total. The van der Waals surface area contributed by atoms with Crippen molar-refractivity contribution in [1.82, 2.24) is 5.32 Å². The van der Waals surface area contributed by atoms with Crippen LogP contribution >= 0.6 is 0 Å². The highest BCUT2D eigenvalue weighted by molar-refractivity contribution is 5.77. The number of aliphatic hydroxyl groups excluding tert-OH is 1. The van der Waals surface area contributed by atoms with Gasteiger partial charge in [0.2, 0.25) is 5.91 Å².